The summed E-state index contributed by atoms with van der Waals surface area (Å²) in [6.45, 7) is 5.84. The molecular formula is C28H38N5O3. The summed E-state index contributed by atoms with van der Waals surface area (Å²) in [4.78, 5) is 27.8. The zero-order valence-corrected chi connectivity index (χ0v) is 21.0. The Kier molecular flexibility index (Phi) is 9.99. The summed E-state index contributed by atoms with van der Waals surface area (Å²) in [5.41, 5.74) is 2.80. The average Bonchev–Trinajstić information content (AvgIpc) is 3.44. The van der Waals surface area contributed by atoms with E-state index < -0.39 is 6.09 Å². The molecule has 193 valence electrons. The van der Waals surface area contributed by atoms with E-state index in [0.717, 1.165) is 55.7 Å². The average molecular weight is 493 g/mol. The number of hydrogen-bond donors (Lipinski definition) is 2. The molecule has 3 amide bonds. The van der Waals surface area contributed by atoms with Crippen molar-refractivity contribution in [2.24, 2.45) is 0 Å². The van der Waals surface area contributed by atoms with Gasteiger partial charge in [-0.05, 0) is 69.8 Å². The number of amides is 3. The zero-order valence-electron chi connectivity index (χ0n) is 21.0. The minimum atomic E-state index is -0.437. The monoisotopic (exact) mass is 492 g/mol. The van der Waals surface area contributed by atoms with Gasteiger partial charge in [-0.2, -0.15) is 0 Å². The van der Waals surface area contributed by atoms with E-state index in [2.05, 4.69) is 22.0 Å². The van der Waals surface area contributed by atoms with E-state index in [1.807, 2.05) is 59.6 Å². The SMILES string of the molecule is O=C(NCCCN1CCCC1)NCCOC(=O)N(c1ccccc1-c1ccccc1)N1CC[CH]CC1. The topological polar surface area (TPSA) is 77.2 Å². The molecule has 2 heterocycles. The standard InChI is InChI=1S/C28H38N5O3/c34-27(29-16-11-20-31-18-9-10-19-31)30-17-23-36-28(35)33(32-21-7-2-8-22-32)26-15-6-5-14-25(26)24-12-3-1-4-13-24/h1-6,12-15H,7-11,16-23H2,(H2,29,30,34). The van der Waals surface area contributed by atoms with Crippen molar-refractivity contribution in [2.45, 2.75) is 32.1 Å². The highest BCUT2D eigenvalue weighted by atomic mass is 16.6. The third-order valence-electron chi connectivity index (χ3n) is 6.60. The van der Waals surface area contributed by atoms with Crippen LogP contribution in [0.15, 0.2) is 54.6 Å². The van der Waals surface area contributed by atoms with Gasteiger partial charge in [-0.1, -0.05) is 48.5 Å². The molecule has 2 aliphatic heterocycles. The van der Waals surface area contributed by atoms with Crippen LogP contribution in [0.3, 0.4) is 0 Å². The summed E-state index contributed by atoms with van der Waals surface area (Å²) in [5, 5.41) is 9.37. The molecule has 0 atom stereocenters. The van der Waals surface area contributed by atoms with E-state index in [0.29, 0.717) is 6.54 Å². The van der Waals surface area contributed by atoms with E-state index in [1.54, 1.807) is 5.01 Å². The lowest BCUT2D eigenvalue weighted by Gasteiger charge is -2.37. The molecule has 2 aromatic rings. The highest BCUT2D eigenvalue weighted by Crippen LogP contribution is 2.32. The molecular weight excluding hydrogens is 454 g/mol. The van der Waals surface area contributed by atoms with Gasteiger partial charge >= 0.3 is 12.1 Å². The van der Waals surface area contributed by atoms with Gasteiger partial charge < -0.3 is 20.3 Å². The molecule has 8 heteroatoms. The smallest absolute Gasteiger partial charge is 0.429 e. The third-order valence-corrected chi connectivity index (χ3v) is 6.60. The molecule has 0 bridgehead atoms. The number of para-hydroxylation sites is 1. The van der Waals surface area contributed by atoms with Crippen LogP contribution in [0.25, 0.3) is 11.1 Å². The fourth-order valence-corrected chi connectivity index (χ4v) is 4.76. The minimum absolute atomic E-state index is 0.101. The Bertz CT molecular complexity index is 959. The normalized spacial score (nSPS) is 16.4. The molecule has 2 aliphatic rings. The molecule has 4 rings (SSSR count). The molecule has 2 aromatic carbocycles. The number of nitrogens with zero attached hydrogens (tertiary/aromatic N) is 3. The fraction of sp³-hybridized carbons (Fsp3) is 0.464. The van der Waals surface area contributed by atoms with Gasteiger partial charge in [-0.15, -0.1) is 0 Å². The fourth-order valence-electron chi connectivity index (χ4n) is 4.76. The molecule has 8 nitrogen and oxygen atoms in total. The van der Waals surface area contributed by atoms with Gasteiger partial charge in [0.1, 0.15) is 6.61 Å². The van der Waals surface area contributed by atoms with E-state index in [9.17, 15) is 9.59 Å². The summed E-state index contributed by atoms with van der Waals surface area (Å²) >= 11 is 0. The number of urea groups is 1. The Balaban J connectivity index is 1.30. The Morgan fingerprint density at radius 2 is 1.56 bits per heavy atom. The van der Waals surface area contributed by atoms with Crippen molar-refractivity contribution < 1.29 is 14.3 Å². The molecule has 2 saturated heterocycles. The highest BCUT2D eigenvalue weighted by Gasteiger charge is 2.28. The number of nitrogens with one attached hydrogen (secondary N) is 2. The number of carbonyl (C=O) groups is 2. The number of likely N-dealkylation sites (tertiary alicyclic amines) is 1. The molecule has 1 radical (unpaired) electrons. The zero-order chi connectivity index (χ0) is 25.0. The van der Waals surface area contributed by atoms with Crippen molar-refractivity contribution in [1.29, 1.82) is 0 Å². The Morgan fingerprint density at radius 1 is 0.861 bits per heavy atom. The number of hydrazine groups is 1. The Morgan fingerprint density at radius 3 is 2.33 bits per heavy atom. The van der Waals surface area contributed by atoms with Crippen LogP contribution in [0, 0.1) is 6.42 Å². The molecule has 2 N–H and O–H groups in total. The number of ether oxygens (including phenoxy) is 1. The summed E-state index contributed by atoms with van der Waals surface area (Å²) in [6, 6.07) is 17.7. The van der Waals surface area contributed by atoms with E-state index in [4.69, 9.17) is 4.74 Å². The van der Waals surface area contributed by atoms with Crippen LogP contribution >= 0.6 is 0 Å². The molecule has 36 heavy (non-hydrogen) atoms. The second kappa shape index (κ2) is 13.8. The van der Waals surface area contributed by atoms with Gasteiger partial charge in [-0.3, -0.25) is 0 Å². The summed E-state index contributed by atoms with van der Waals surface area (Å²) in [5.74, 6) is 0. The third kappa shape index (κ3) is 7.45. The van der Waals surface area contributed by atoms with Gasteiger partial charge in [0, 0.05) is 25.2 Å². The predicted molar refractivity (Wildman–Crippen MR) is 143 cm³/mol. The number of piperidine rings is 1. The van der Waals surface area contributed by atoms with Crippen LogP contribution < -0.4 is 15.6 Å². The number of anilines is 1. The van der Waals surface area contributed by atoms with Crippen LogP contribution in [0.4, 0.5) is 15.3 Å². The van der Waals surface area contributed by atoms with Gasteiger partial charge in [0.25, 0.3) is 0 Å². The van der Waals surface area contributed by atoms with Crippen LogP contribution in [0.5, 0.6) is 0 Å². The maximum absolute atomic E-state index is 13.3. The lowest BCUT2D eigenvalue weighted by Crippen LogP contribution is -2.50. The maximum Gasteiger partial charge on any atom is 0.429 e. The van der Waals surface area contributed by atoms with Gasteiger partial charge in [-0.25, -0.2) is 19.6 Å². The molecule has 0 unspecified atom stereocenters. The van der Waals surface area contributed by atoms with Gasteiger partial charge in [0.05, 0.1) is 12.2 Å². The molecule has 0 spiro atoms. The van der Waals surface area contributed by atoms with Crippen LogP contribution in [0.2, 0.25) is 0 Å². The number of hydrogen-bond acceptors (Lipinski definition) is 5. The van der Waals surface area contributed by atoms with E-state index in [-0.39, 0.29) is 19.2 Å². The first-order chi connectivity index (χ1) is 17.7. The van der Waals surface area contributed by atoms with Gasteiger partial charge in [0.15, 0.2) is 0 Å². The first-order valence-corrected chi connectivity index (χ1v) is 13.1. The van der Waals surface area contributed by atoms with Crippen LogP contribution in [-0.4, -0.2) is 74.5 Å². The number of carbonyl (C=O) groups excluding carboxylic acids is 2. The molecule has 0 saturated carbocycles. The highest BCUT2D eigenvalue weighted by molar-refractivity contribution is 5.93. The van der Waals surface area contributed by atoms with Crippen LogP contribution in [0.1, 0.15) is 32.1 Å². The van der Waals surface area contributed by atoms with Gasteiger partial charge in [0.2, 0.25) is 0 Å². The second-order valence-electron chi connectivity index (χ2n) is 9.21. The number of rotatable bonds is 10. The second-order valence-corrected chi connectivity index (χ2v) is 9.21. The van der Waals surface area contributed by atoms with Crippen LogP contribution in [-0.2, 0) is 4.74 Å². The van der Waals surface area contributed by atoms with Crippen molar-refractivity contribution in [2.75, 3.05) is 57.4 Å². The summed E-state index contributed by atoms with van der Waals surface area (Å²) < 4.78 is 5.63. The van der Waals surface area contributed by atoms with Crippen molar-refractivity contribution in [1.82, 2.24) is 20.5 Å². The maximum atomic E-state index is 13.3. The van der Waals surface area contributed by atoms with E-state index >= 15 is 0 Å². The molecule has 0 aromatic heterocycles. The molecule has 0 aliphatic carbocycles. The van der Waals surface area contributed by atoms with Crippen molar-refractivity contribution in [3.8, 4) is 11.1 Å². The lowest BCUT2D eigenvalue weighted by molar-refractivity contribution is 0.126. The van der Waals surface area contributed by atoms with Crippen molar-refractivity contribution in [3.63, 3.8) is 0 Å². The number of benzene rings is 2. The van der Waals surface area contributed by atoms with Crippen molar-refractivity contribution >= 4 is 17.8 Å². The lowest BCUT2D eigenvalue weighted by atomic mass is 10.0. The predicted octanol–water partition coefficient (Wildman–Crippen LogP) is 4.30. The minimum Gasteiger partial charge on any atom is -0.446 e. The quantitative estimate of drug-likeness (QED) is 0.484. The largest absolute Gasteiger partial charge is 0.446 e. The first kappa shape index (κ1) is 26.0. The summed E-state index contributed by atoms with van der Waals surface area (Å²) in [6.07, 6.45) is 7.12. The van der Waals surface area contributed by atoms with Crippen molar-refractivity contribution in [3.05, 3.63) is 61.0 Å². The molecule has 2 fully saturated rings. The Hall–Kier alpha value is -3.10. The summed E-state index contributed by atoms with van der Waals surface area (Å²) in [7, 11) is 0. The Labute approximate surface area is 214 Å². The van der Waals surface area contributed by atoms with E-state index in [1.165, 1.54) is 25.9 Å². The first-order valence-electron chi connectivity index (χ1n) is 13.1.